The Morgan fingerprint density at radius 3 is 3.00 bits per heavy atom. The molecule has 1 aromatic rings. The zero-order chi connectivity index (χ0) is 12.8. The Labute approximate surface area is 107 Å². The maximum absolute atomic E-state index is 11.7. The average Bonchev–Trinajstić information content (AvgIpc) is 2.27. The van der Waals surface area contributed by atoms with Gasteiger partial charge in [0.1, 0.15) is 5.15 Å². The summed E-state index contributed by atoms with van der Waals surface area (Å²) in [4.78, 5) is 15.5. The predicted molar refractivity (Wildman–Crippen MR) is 69.5 cm³/mol. The van der Waals surface area contributed by atoms with E-state index in [9.17, 15) is 9.00 Å². The van der Waals surface area contributed by atoms with Crippen LogP contribution in [0, 0.1) is 0 Å². The van der Waals surface area contributed by atoms with Crippen molar-refractivity contribution < 1.29 is 9.00 Å². The molecule has 1 rings (SSSR count). The first kappa shape index (κ1) is 13.9. The average molecular weight is 276 g/mol. The third-order valence-electron chi connectivity index (χ3n) is 2.00. The monoisotopic (exact) mass is 275 g/mol. The van der Waals surface area contributed by atoms with Gasteiger partial charge in [0.05, 0.1) is 17.4 Å². The van der Waals surface area contributed by atoms with Gasteiger partial charge in [-0.2, -0.15) is 0 Å². The minimum atomic E-state index is -0.843. The quantitative estimate of drug-likeness (QED) is 0.615. The molecule has 0 aliphatic heterocycles. The molecular weight excluding hydrogens is 262 g/mol. The van der Waals surface area contributed by atoms with Crippen LogP contribution < -0.4 is 11.1 Å². The lowest BCUT2D eigenvalue weighted by Gasteiger charge is -2.06. The molecule has 17 heavy (non-hydrogen) atoms. The van der Waals surface area contributed by atoms with Crippen LogP contribution in [0.1, 0.15) is 16.8 Å². The van der Waals surface area contributed by atoms with Crippen LogP contribution in [0.25, 0.3) is 0 Å². The smallest absolute Gasteiger partial charge is 0.254 e. The van der Waals surface area contributed by atoms with Crippen LogP contribution in [0.15, 0.2) is 12.3 Å². The Morgan fingerprint density at radius 1 is 1.65 bits per heavy atom. The molecule has 0 aromatic carbocycles. The highest BCUT2D eigenvalue weighted by Gasteiger charge is 2.11. The molecule has 7 heteroatoms. The second-order valence-electron chi connectivity index (χ2n) is 3.49. The van der Waals surface area contributed by atoms with Crippen molar-refractivity contribution in [2.45, 2.75) is 6.42 Å². The molecular formula is C10H14ClN3O2S. The molecule has 94 valence electrons. The Bertz CT molecular complexity index is 440. The van der Waals surface area contributed by atoms with Gasteiger partial charge in [0, 0.05) is 29.4 Å². The summed E-state index contributed by atoms with van der Waals surface area (Å²) in [7, 11) is -0.843. The second kappa shape index (κ2) is 6.56. The lowest BCUT2D eigenvalue weighted by Crippen LogP contribution is -2.26. The summed E-state index contributed by atoms with van der Waals surface area (Å²) >= 11 is 5.78. The summed E-state index contributed by atoms with van der Waals surface area (Å²) in [5.41, 5.74) is 6.16. The van der Waals surface area contributed by atoms with E-state index in [1.807, 2.05) is 0 Å². The number of rotatable bonds is 5. The van der Waals surface area contributed by atoms with Crippen molar-refractivity contribution in [1.82, 2.24) is 10.3 Å². The van der Waals surface area contributed by atoms with Crippen LogP contribution >= 0.6 is 11.6 Å². The molecule has 1 aromatic heterocycles. The Kier molecular flexibility index (Phi) is 5.37. The van der Waals surface area contributed by atoms with Gasteiger partial charge < -0.3 is 11.1 Å². The van der Waals surface area contributed by atoms with E-state index in [4.69, 9.17) is 17.3 Å². The number of anilines is 1. The molecule has 1 atom stereocenters. The fourth-order valence-corrected chi connectivity index (χ4v) is 1.94. The molecule has 3 N–H and O–H groups in total. The number of nitrogens with two attached hydrogens (primary N) is 1. The van der Waals surface area contributed by atoms with Gasteiger partial charge in [-0.1, -0.05) is 11.6 Å². The molecule has 0 aliphatic rings. The van der Waals surface area contributed by atoms with Crippen LogP contribution in [-0.2, 0) is 10.8 Å². The van der Waals surface area contributed by atoms with E-state index in [1.54, 1.807) is 6.26 Å². The van der Waals surface area contributed by atoms with E-state index in [1.165, 1.54) is 12.3 Å². The van der Waals surface area contributed by atoms with Gasteiger partial charge in [-0.05, 0) is 12.5 Å². The highest BCUT2D eigenvalue weighted by atomic mass is 35.5. The summed E-state index contributed by atoms with van der Waals surface area (Å²) in [6.07, 6.45) is 3.67. The molecule has 0 spiro atoms. The first-order valence-corrected chi connectivity index (χ1v) is 7.10. The fourth-order valence-electron chi connectivity index (χ4n) is 1.20. The van der Waals surface area contributed by atoms with Gasteiger partial charge in [-0.3, -0.25) is 9.00 Å². The van der Waals surface area contributed by atoms with E-state index < -0.39 is 10.8 Å². The maximum Gasteiger partial charge on any atom is 0.254 e. The molecule has 5 nitrogen and oxygen atoms in total. The number of carbonyl (C=O) groups excluding carboxylic acids is 1. The number of pyridine rings is 1. The van der Waals surface area contributed by atoms with Crippen molar-refractivity contribution in [2.24, 2.45) is 0 Å². The minimum Gasteiger partial charge on any atom is -0.397 e. The van der Waals surface area contributed by atoms with Crippen LogP contribution in [0.2, 0.25) is 5.15 Å². The van der Waals surface area contributed by atoms with Crippen molar-refractivity contribution in [1.29, 1.82) is 0 Å². The molecule has 1 heterocycles. The van der Waals surface area contributed by atoms with Gasteiger partial charge in [-0.25, -0.2) is 4.98 Å². The lowest BCUT2D eigenvalue weighted by atomic mass is 10.2. The van der Waals surface area contributed by atoms with E-state index in [-0.39, 0.29) is 16.6 Å². The molecule has 1 unspecified atom stereocenters. The normalized spacial score (nSPS) is 12.1. The summed E-state index contributed by atoms with van der Waals surface area (Å²) in [6.45, 7) is 0.448. The van der Waals surface area contributed by atoms with Crippen molar-refractivity contribution in [2.75, 3.05) is 24.3 Å². The van der Waals surface area contributed by atoms with Gasteiger partial charge in [-0.15, -0.1) is 0 Å². The molecule has 1 amide bonds. The van der Waals surface area contributed by atoms with Gasteiger partial charge >= 0.3 is 0 Å². The summed E-state index contributed by atoms with van der Waals surface area (Å²) < 4.78 is 10.8. The van der Waals surface area contributed by atoms with Gasteiger partial charge in [0.25, 0.3) is 5.91 Å². The summed E-state index contributed by atoms with van der Waals surface area (Å²) in [5, 5.41) is 2.79. The van der Waals surface area contributed by atoms with Gasteiger partial charge in [0.15, 0.2) is 0 Å². The van der Waals surface area contributed by atoms with E-state index in [0.29, 0.717) is 24.4 Å². The zero-order valence-corrected chi connectivity index (χ0v) is 11.0. The maximum atomic E-state index is 11.7. The van der Waals surface area contributed by atoms with Crippen LogP contribution in [-0.4, -0.2) is 33.7 Å². The SMILES string of the molecule is CS(=O)CCCNC(=O)c1cc(N)cnc1Cl. The predicted octanol–water partition coefficient (Wildman–Crippen LogP) is 0.816. The number of amides is 1. The number of halogens is 1. The highest BCUT2D eigenvalue weighted by molar-refractivity contribution is 7.84. The van der Waals surface area contributed by atoms with Crippen molar-refractivity contribution in [3.63, 3.8) is 0 Å². The molecule has 0 bridgehead atoms. The standard InChI is InChI=1S/C10H14ClN3O2S/c1-17(16)4-2-3-13-10(15)8-5-7(12)6-14-9(8)11/h5-6H,2-4,12H2,1H3,(H,13,15). The largest absolute Gasteiger partial charge is 0.397 e. The second-order valence-corrected chi connectivity index (χ2v) is 5.41. The minimum absolute atomic E-state index is 0.121. The Morgan fingerprint density at radius 2 is 2.35 bits per heavy atom. The molecule has 0 radical (unpaired) electrons. The molecule has 0 saturated heterocycles. The molecule has 0 aliphatic carbocycles. The third-order valence-corrected chi connectivity index (χ3v) is 3.16. The van der Waals surface area contributed by atoms with Crippen LogP contribution in [0.3, 0.4) is 0 Å². The van der Waals surface area contributed by atoms with E-state index in [2.05, 4.69) is 10.3 Å². The van der Waals surface area contributed by atoms with Crippen molar-refractivity contribution in [3.05, 3.63) is 23.0 Å². The summed E-state index contributed by atoms with van der Waals surface area (Å²) in [5.74, 6) is 0.236. The first-order valence-electron chi connectivity index (χ1n) is 5.00. The zero-order valence-electron chi connectivity index (χ0n) is 9.40. The fraction of sp³-hybridized carbons (Fsp3) is 0.400. The Hall–Kier alpha value is -1.14. The summed E-state index contributed by atoms with van der Waals surface area (Å²) in [6, 6.07) is 1.47. The number of nitrogen functional groups attached to an aromatic ring is 1. The lowest BCUT2D eigenvalue weighted by molar-refractivity contribution is 0.0953. The topological polar surface area (TPSA) is 85.1 Å². The van der Waals surface area contributed by atoms with E-state index in [0.717, 1.165) is 0 Å². The van der Waals surface area contributed by atoms with Crippen LogP contribution in [0.5, 0.6) is 0 Å². The molecule has 0 fully saturated rings. The van der Waals surface area contributed by atoms with Crippen LogP contribution in [0.4, 0.5) is 5.69 Å². The number of nitrogens with zero attached hydrogens (tertiary/aromatic N) is 1. The third kappa shape index (κ3) is 4.70. The van der Waals surface area contributed by atoms with Crippen molar-refractivity contribution >= 4 is 34.0 Å². The first-order chi connectivity index (χ1) is 8.00. The Balaban J connectivity index is 2.52. The number of hydrogen-bond acceptors (Lipinski definition) is 4. The van der Waals surface area contributed by atoms with E-state index >= 15 is 0 Å². The number of nitrogens with one attached hydrogen (secondary N) is 1. The van der Waals surface area contributed by atoms with Gasteiger partial charge in [0.2, 0.25) is 0 Å². The number of hydrogen-bond donors (Lipinski definition) is 2. The van der Waals surface area contributed by atoms with Crippen molar-refractivity contribution in [3.8, 4) is 0 Å². The molecule has 0 saturated carbocycles. The highest BCUT2D eigenvalue weighted by Crippen LogP contribution is 2.15. The number of carbonyl (C=O) groups is 1. The number of aromatic nitrogens is 1.